The van der Waals surface area contributed by atoms with Crippen molar-refractivity contribution in [2.75, 3.05) is 0 Å². The zero-order chi connectivity index (χ0) is 14.3. The van der Waals surface area contributed by atoms with E-state index in [2.05, 4.69) is 10.6 Å². The molecular weight excluding hydrogens is 248 g/mol. The second-order valence-electron chi connectivity index (χ2n) is 5.37. The van der Waals surface area contributed by atoms with Gasteiger partial charge in [-0.1, -0.05) is 6.07 Å². The van der Waals surface area contributed by atoms with Gasteiger partial charge >= 0.3 is 0 Å². The van der Waals surface area contributed by atoms with Crippen LogP contribution in [0, 0.1) is 25.2 Å². The van der Waals surface area contributed by atoms with Gasteiger partial charge in [-0.2, -0.15) is 5.26 Å². The number of hydrogen-bond donors (Lipinski definition) is 0. The average molecular weight is 264 g/mol. The molecule has 0 unspecified atom stereocenters. The molecule has 0 fully saturated rings. The fourth-order valence-electron chi connectivity index (χ4n) is 2.98. The summed E-state index contributed by atoms with van der Waals surface area (Å²) in [5.74, 6) is 0.238. The van der Waals surface area contributed by atoms with E-state index in [4.69, 9.17) is 5.26 Å². The van der Waals surface area contributed by atoms with E-state index in [0.29, 0.717) is 12.0 Å². The Labute approximate surface area is 118 Å². The smallest absolute Gasteiger partial charge is 0.164 e. The summed E-state index contributed by atoms with van der Waals surface area (Å²) >= 11 is 0. The van der Waals surface area contributed by atoms with E-state index in [9.17, 15) is 4.79 Å². The number of aryl methyl sites for hydroxylation is 2. The molecule has 3 rings (SSSR count). The lowest BCUT2D eigenvalue weighted by Crippen LogP contribution is -2.13. The second kappa shape index (κ2) is 4.64. The number of aromatic nitrogens is 1. The summed E-state index contributed by atoms with van der Waals surface area (Å²) in [6.45, 7) is 4.05. The Morgan fingerprint density at radius 3 is 2.75 bits per heavy atom. The van der Waals surface area contributed by atoms with Gasteiger partial charge in [-0.05, 0) is 50.5 Å². The average Bonchev–Trinajstić information content (AvgIpc) is 2.77. The van der Waals surface area contributed by atoms with Crippen LogP contribution in [0.4, 0.5) is 0 Å². The highest BCUT2D eigenvalue weighted by molar-refractivity contribution is 5.98. The van der Waals surface area contributed by atoms with Crippen LogP contribution in [0.25, 0.3) is 5.69 Å². The molecule has 1 aliphatic carbocycles. The maximum Gasteiger partial charge on any atom is 0.164 e. The van der Waals surface area contributed by atoms with E-state index in [1.807, 2.05) is 38.1 Å². The molecule has 0 spiro atoms. The Kier molecular flexibility index (Phi) is 2.94. The number of fused-ring (bicyclic) bond motifs is 1. The van der Waals surface area contributed by atoms with Crippen LogP contribution in [-0.2, 0) is 6.42 Å². The number of rotatable bonds is 1. The Bertz CT molecular complexity index is 747. The largest absolute Gasteiger partial charge is 0.317 e. The first kappa shape index (κ1) is 12.7. The van der Waals surface area contributed by atoms with Gasteiger partial charge in [-0.25, -0.2) is 0 Å². The Hall–Kier alpha value is -2.34. The van der Waals surface area contributed by atoms with Gasteiger partial charge < -0.3 is 4.57 Å². The number of Topliss-reactive ketones (excluding diaryl/α,β-unsaturated/α-hetero) is 1. The van der Waals surface area contributed by atoms with Gasteiger partial charge in [0.25, 0.3) is 0 Å². The van der Waals surface area contributed by atoms with Gasteiger partial charge in [0.2, 0.25) is 0 Å². The molecule has 1 aromatic heterocycles. The third-order valence-corrected chi connectivity index (χ3v) is 3.98. The molecule has 100 valence electrons. The lowest BCUT2D eigenvalue weighted by atomic mass is 9.96. The maximum atomic E-state index is 12.0. The highest BCUT2D eigenvalue weighted by Crippen LogP contribution is 2.29. The van der Waals surface area contributed by atoms with Crippen molar-refractivity contribution in [2.45, 2.75) is 33.1 Å². The molecule has 0 saturated heterocycles. The fourth-order valence-corrected chi connectivity index (χ4v) is 2.98. The lowest BCUT2D eigenvalue weighted by Gasteiger charge is -2.18. The van der Waals surface area contributed by atoms with Crippen LogP contribution >= 0.6 is 0 Å². The van der Waals surface area contributed by atoms with Crippen LogP contribution in [0.5, 0.6) is 0 Å². The molecule has 0 aliphatic heterocycles. The Morgan fingerprint density at radius 1 is 1.20 bits per heavy atom. The molecule has 20 heavy (non-hydrogen) atoms. The van der Waals surface area contributed by atoms with Crippen LogP contribution in [0.3, 0.4) is 0 Å². The summed E-state index contributed by atoms with van der Waals surface area (Å²) in [7, 11) is 0. The zero-order valence-corrected chi connectivity index (χ0v) is 11.7. The lowest BCUT2D eigenvalue weighted by molar-refractivity contribution is 0.0972. The predicted octanol–water partition coefficient (Wildman–Crippen LogP) is 3.48. The standard InChI is InChI=1S/C17H16N2O/c1-11-6-7-13(10-18)9-16(11)19-12(2)8-14-15(19)4-3-5-17(14)20/h6-9H,3-5H2,1-2H3. The number of nitriles is 1. The Balaban J connectivity index is 2.26. The number of benzene rings is 1. The van der Waals surface area contributed by atoms with Crippen molar-refractivity contribution < 1.29 is 4.79 Å². The van der Waals surface area contributed by atoms with Crippen molar-refractivity contribution >= 4 is 5.78 Å². The van der Waals surface area contributed by atoms with Crippen LogP contribution in [0.1, 0.15) is 45.7 Å². The summed E-state index contributed by atoms with van der Waals surface area (Å²) in [6, 6.07) is 9.86. The van der Waals surface area contributed by atoms with Crippen molar-refractivity contribution in [1.29, 1.82) is 5.26 Å². The number of nitrogens with zero attached hydrogens (tertiary/aromatic N) is 2. The summed E-state index contributed by atoms with van der Waals surface area (Å²) in [4.78, 5) is 12.0. The summed E-state index contributed by atoms with van der Waals surface area (Å²) in [5.41, 5.74) is 5.78. The van der Waals surface area contributed by atoms with Crippen molar-refractivity contribution in [2.24, 2.45) is 0 Å². The van der Waals surface area contributed by atoms with Crippen molar-refractivity contribution in [3.8, 4) is 11.8 Å². The number of carbonyl (C=O) groups excluding carboxylic acids is 1. The summed E-state index contributed by atoms with van der Waals surface area (Å²) in [5, 5.41) is 9.09. The third kappa shape index (κ3) is 1.85. The SMILES string of the molecule is Cc1ccc(C#N)cc1-n1c(C)cc2c1CCCC2=O. The van der Waals surface area contributed by atoms with E-state index >= 15 is 0 Å². The minimum absolute atomic E-state index is 0.238. The van der Waals surface area contributed by atoms with Gasteiger partial charge in [-0.15, -0.1) is 0 Å². The minimum atomic E-state index is 0.238. The second-order valence-corrected chi connectivity index (χ2v) is 5.37. The molecule has 1 aliphatic rings. The molecule has 3 nitrogen and oxygen atoms in total. The molecule has 0 radical (unpaired) electrons. The Morgan fingerprint density at radius 2 is 2.00 bits per heavy atom. The fraction of sp³-hybridized carbons (Fsp3) is 0.294. The molecule has 0 bridgehead atoms. The minimum Gasteiger partial charge on any atom is -0.317 e. The molecule has 0 amide bonds. The highest BCUT2D eigenvalue weighted by atomic mass is 16.1. The highest BCUT2D eigenvalue weighted by Gasteiger charge is 2.23. The molecule has 1 aromatic carbocycles. The van der Waals surface area contributed by atoms with Gasteiger partial charge in [0.1, 0.15) is 0 Å². The van der Waals surface area contributed by atoms with Crippen molar-refractivity contribution in [1.82, 2.24) is 4.57 Å². The maximum absolute atomic E-state index is 12.0. The number of hydrogen-bond acceptors (Lipinski definition) is 2. The quantitative estimate of drug-likeness (QED) is 0.791. The topological polar surface area (TPSA) is 45.8 Å². The van der Waals surface area contributed by atoms with Crippen LogP contribution in [0.15, 0.2) is 24.3 Å². The van der Waals surface area contributed by atoms with Gasteiger partial charge in [0.15, 0.2) is 5.78 Å². The van der Waals surface area contributed by atoms with Crippen LogP contribution < -0.4 is 0 Å². The third-order valence-electron chi connectivity index (χ3n) is 3.98. The first-order valence-electron chi connectivity index (χ1n) is 6.87. The van der Waals surface area contributed by atoms with Crippen LogP contribution in [0.2, 0.25) is 0 Å². The van der Waals surface area contributed by atoms with Crippen LogP contribution in [-0.4, -0.2) is 10.4 Å². The molecular formula is C17H16N2O. The van der Waals surface area contributed by atoms with Crippen molar-refractivity contribution in [3.63, 3.8) is 0 Å². The van der Waals surface area contributed by atoms with E-state index < -0.39 is 0 Å². The van der Waals surface area contributed by atoms with Gasteiger partial charge in [-0.3, -0.25) is 4.79 Å². The zero-order valence-electron chi connectivity index (χ0n) is 11.7. The molecule has 2 aromatic rings. The predicted molar refractivity (Wildman–Crippen MR) is 77.2 cm³/mol. The molecule has 0 atom stereocenters. The molecule has 0 saturated carbocycles. The van der Waals surface area contributed by atoms with Crippen molar-refractivity contribution in [3.05, 3.63) is 52.3 Å². The monoisotopic (exact) mass is 264 g/mol. The normalized spacial score (nSPS) is 13.9. The first-order valence-corrected chi connectivity index (χ1v) is 6.87. The van der Waals surface area contributed by atoms with E-state index in [0.717, 1.165) is 41.0 Å². The molecule has 1 heterocycles. The molecule has 0 N–H and O–H groups in total. The van der Waals surface area contributed by atoms with E-state index in [1.54, 1.807) is 0 Å². The van der Waals surface area contributed by atoms with Gasteiger partial charge in [0, 0.05) is 29.1 Å². The summed E-state index contributed by atoms with van der Waals surface area (Å²) < 4.78 is 2.14. The van der Waals surface area contributed by atoms with Gasteiger partial charge in [0.05, 0.1) is 11.6 Å². The number of carbonyl (C=O) groups is 1. The van der Waals surface area contributed by atoms with E-state index in [1.165, 1.54) is 0 Å². The van der Waals surface area contributed by atoms with E-state index in [-0.39, 0.29) is 5.78 Å². The number of ketones is 1. The summed E-state index contributed by atoms with van der Waals surface area (Å²) in [6.07, 6.45) is 2.48. The molecule has 3 heteroatoms. The first-order chi connectivity index (χ1) is 9.61.